The Morgan fingerprint density at radius 1 is 1.24 bits per heavy atom. The van der Waals surface area contributed by atoms with Gasteiger partial charge in [0.25, 0.3) is 0 Å². The maximum Gasteiger partial charge on any atom is 0.245 e. The number of carbonyl (C=O) groups is 2. The van der Waals surface area contributed by atoms with E-state index in [1.54, 1.807) is 12.0 Å². The van der Waals surface area contributed by atoms with Crippen molar-refractivity contribution in [3.8, 4) is 0 Å². The molecule has 0 aromatic carbocycles. The molecule has 0 spiro atoms. The van der Waals surface area contributed by atoms with Crippen molar-refractivity contribution >= 4 is 28.3 Å². The first-order chi connectivity index (χ1) is 12.1. The molecule has 0 aliphatic rings. The summed E-state index contributed by atoms with van der Waals surface area (Å²) in [6, 6.07) is 0. The topological polar surface area (TPSA) is 71.5 Å². The van der Waals surface area contributed by atoms with E-state index in [0.29, 0.717) is 24.7 Å². The minimum Gasteiger partial charge on any atom is -0.385 e. The van der Waals surface area contributed by atoms with E-state index in [1.165, 1.54) is 24.2 Å². The van der Waals surface area contributed by atoms with Crippen LogP contribution in [0.25, 0.3) is 0 Å². The van der Waals surface area contributed by atoms with Gasteiger partial charge in [-0.1, -0.05) is 32.6 Å². The maximum atomic E-state index is 12.5. The number of methoxy groups -OCH3 is 1. The summed E-state index contributed by atoms with van der Waals surface area (Å²) in [5.74, 6) is -0.163. The Morgan fingerprint density at radius 2 is 2.00 bits per heavy atom. The summed E-state index contributed by atoms with van der Waals surface area (Å²) in [5, 5.41) is 5.22. The van der Waals surface area contributed by atoms with Crippen molar-refractivity contribution in [2.45, 2.75) is 58.8 Å². The molecule has 1 heterocycles. The van der Waals surface area contributed by atoms with Crippen molar-refractivity contribution in [3.63, 3.8) is 0 Å². The molecular formula is C18H31N3O3S. The third-order valence-corrected chi connectivity index (χ3v) is 4.70. The van der Waals surface area contributed by atoms with Crippen LogP contribution in [0.3, 0.4) is 0 Å². The highest BCUT2D eigenvalue weighted by Crippen LogP contribution is 2.14. The Labute approximate surface area is 155 Å². The maximum absolute atomic E-state index is 12.5. The van der Waals surface area contributed by atoms with Gasteiger partial charge in [0.1, 0.15) is 0 Å². The molecule has 0 aliphatic heterocycles. The summed E-state index contributed by atoms with van der Waals surface area (Å²) in [6.07, 6.45) is 6.73. The summed E-state index contributed by atoms with van der Waals surface area (Å²) in [5.41, 5.74) is 0.875. The fourth-order valence-electron chi connectivity index (χ4n) is 2.47. The second-order valence-corrected chi connectivity index (χ2v) is 7.03. The van der Waals surface area contributed by atoms with Crippen LogP contribution in [0, 0.1) is 6.92 Å². The summed E-state index contributed by atoms with van der Waals surface area (Å²) in [6.45, 7) is 5.23. The molecule has 1 aromatic heterocycles. The second kappa shape index (κ2) is 12.8. The fourth-order valence-corrected chi connectivity index (χ4v) is 3.18. The summed E-state index contributed by atoms with van der Waals surface area (Å²) >= 11 is 1.39. The molecule has 0 saturated carbocycles. The number of anilines is 1. The second-order valence-electron chi connectivity index (χ2n) is 6.17. The molecule has 1 rings (SSSR count). The van der Waals surface area contributed by atoms with E-state index in [4.69, 9.17) is 4.74 Å². The van der Waals surface area contributed by atoms with E-state index in [9.17, 15) is 9.59 Å². The van der Waals surface area contributed by atoms with Gasteiger partial charge in [-0.2, -0.15) is 0 Å². The standard InChI is InChI=1S/C18H31N3O3S/c1-4-5-6-7-8-10-17(23)21(11-9-12-24-3)13-16(22)20-18-19-15(2)14-25-18/h14H,4-13H2,1-3H3,(H,19,20,22). The van der Waals surface area contributed by atoms with Gasteiger partial charge in [0.2, 0.25) is 11.8 Å². The highest BCUT2D eigenvalue weighted by molar-refractivity contribution is 7.13. The SMILES string of the molecule is CCCCCCCC(=O)N(CCCOC)CC(=O)Nc1nc(C)cs1. The van der Waals surface area contributed by atoms with Gasteiger partial charge >= 0.3 is 0 Å². The number of unbranched alkanes of at least 4 members (excludes halogenated alkanes) is 4. The molecule has 6 nitrogen and oxygen atoms in total. The molecule has 142 valence electrons. The zero-order valence-electron chi connectivity index (χ0n) is 15.7. The first kappa shape index (κ1) is 21.6. The lowest BCUT2D eigenvalue weighted by atomic mass is 10.1. The number of amides is 2. The van der Waals surface area contributed by atoms with Crippen molar-refractivity contribution in [2.75, 3.05) is 32.1 Å². The van der Waals surface area contributed by atoms with Gasteiger partial charge in [-0.3, -0.25) is 9.59 Å². The van der Waals surface area contributed by atoms with Crippen LogP contribution in [-0.4, -0.2) is 48.5 Å². The average molecular weight is 370 g/mol. The number of ether oxygens (including phenoxy) is 1. The van der Waals surface area contributed by atoms with Gasteiger partial charge in [-0.05, 0) is 19.8 Å². The summed E-state index contributed by atoms with van der Waals surface area (Å²) in [7, 11) is 1.64. The largest absolute Gasteiger partial charge is 0.385 e. The first-order valence-corrected chi connectivity index (χ1v) is 9.93. The van der Waals surface area contributed by atoms with Crippen molar-refractivity contribution in [3.05, 3.63) is 11.1 Å². The van der Waals surface area contributed by atoms with Crippen molar-refractivity contribution in [1.29, 1.82) is 0 Å². The number of aromatic nitrogens is 1. The lowest BCUT2D eigenvalue weighted by molar-refractivity contribution is -0.135. The summed E-state index contributed by atoms with van der Waals surface area (Å²) < 4.78 is 5.05. The molecule has 0 atom stereocenters. The quantitative estimate of drug-likeness (QED) is 0.539. The number of nitrogens with one attached hydrogen (secondary N) is 1. The van der Waals surface area contributed by atoms with Crippen LogP contribution in [-0.2, 0) is 14.3 Å². The number of rotatable bonds is 13. The number of carbonyl (C=O) groups excluding carboxylic acids is 2. The predicted molar refractivity (Wildman–Crippen MR) is 102 cm³/mol. The van der Waals surface area contributed by atoms with E-state index < -0.39 is 0 Å². The average Bonchev–Trinajstić information content (AvgIpc) is 2.98. The van der Waals surface area contributed by atoms with E-state index in [0.717, 1.165) is 31.4 Å². The predicted octanol–water partition coefficient (Wildman–Crippen LogP) is 3.62. The molecule has 1 aromatic rings. The number of hydrogen-bond acceptors (Lipinski definition) is 5. The van der Waals surface area contributed by atoms with Crippen molar-refractivity contribution in [1.82, 2.24) is 9.88 Å². The van der Waals surface area contributed by atoms with Crippen LogP contribution in [0.15, 0.2) is 5.38 Å². The zero-order valence-corrected chi connectivity index (χ0v) is 16.5. The molecular weight excluding hydrogens is 338 g/mol. The summed E-state index contributed by atoms with van der Waals surface area (Å²) in [4.78, 5) is 30.5. The minimum atomic E-state index is -0.203. The van der Waals surface area contributed by atoms with Gasteiger partial charge in [0, 0.05) is 32.1 Å². The number of nitrogens with zero attached hydrogens (tertiary/aromatic N) is 2. The van der Waals surface area contributed by atoms with Gasteiger partial charge in [0.15, 0.2) is 5.13 Å². The van der Waals surface area contributed by atoms with Crippen LogP contribution in [0.4, 0.5) is 5.13 Å². The number of aryl methyl sites for hydroxylation is 1. The van der Waals surface area contributed by atoms with Gasteiger partial charge < -0.3 is 15.0 Å². The monoisotopic (exact) mass is 369 g/mol. The molecule has 0 radical (unpaired) electrons. The molecule has 0 aliphatic carbocycles. The van der Waals surface area contributed by atoms with Crippen LogP contribution < -0.4 is 5.32 Å². The highest BCUT2D eigenvalue weighted by atomic mass is 32.1. The van der Waals surface area contributed by atoms with Gasteiger partial charge in [-0.15, -0.1) is 11.3 Å². The van der Waals surface area contributed by atoms with Crippen molar-refractivity contribution < 1.29 is 14.3 Å². The van der Waals surface area contributed by atoms with Crippen LogP contribution in [0.1, 0.15) is 57.6 Å². The lowest BCUT2D eigenvalue weighted by Gasteiger charge is -2.22. The number of hydrogen-bond donors (Lipinski definition) is 1. The highest BCUT2D eigenvalue weighted by Gasteiger charge is 2.17. The molecule has 0 unspecified atom stereocenters. The van der Waals surface area contributed by atoms with Crippen LogP contribution >= 0.6 is 11.3 Å². The molecule has 7 heteroatoms. The van der Waals surface area contributed by atoms with Gasteiger partial charge in [0.05, 0.1) is 12.2 Å². The molecule has 0 fully saturated rings. The Hall–Kier alpha value is -1.47. The van der Waals surface area contributed by atoms with Crippen molar-refractivity contribution in [2.24, 2.45) is 0 Å². The molecule has 0 saturated heterocycles. The minimum absolute atomic E-state index is 0.0399. The third-order valence-electron chi connectivity index (χ3n) is 3.82. The Morgan fingerprint density at radius 3 is 2.64 bits per heavy atom. The Balaban J connectivity index is 2.46. The smallest absolute Gasteiger partial charge is 0.245 e. The molecule has 0 bridgehead atoms. The third kappa shape index (κ3) is 9.55. The lowest BCUT2D eigenvalue weighted by Crippen LogP contribution is -2.38. The van der Waals surface area contributed by atoms with E-state index in [1.807, 2.05) is 12.3 Å². The Kier molecular flexibility index (Phi) is 11.1. The fraction of sp³-hybridized carbons (Fsp3) is 0.722. The van der Waals surface area contributed by atoms with Gasteiger partial charge in [-0.25, -0.2) is 4.98 Å². The molecule has 2 amide bonds. The molecule has 25 heavy (non-hydrogen) atoms. The van der Waals surface area contributed by atoms with Crippen LogP contribution in [0.5, 0.6) is 0 Å². The van der Waals surface area contributed by atoms with E-state index in [2.05, 4.69) is 17.2 Å². The normalized spacial score (nSPS) is 10.7. The Bertz CT molecular complexity index is 519. The molecule has 1 N–H and O–H groups in total. The first-order valence-electron chi connectivity index (χ1n) is 9.05. The number of thiazole rings is 1. The van der Waals surface area contributed by atoms with E-state index >= 15 is 0 Å². The van der Waals surface area contributed by atoms with Crippen LogP contribution in [0.2, 0.25) is 0 Å². The zero-order chi connectivity index (χ0) is 18.5. The van der Waals surface area contributed by atoms with E-state index in [-0.39, 0.29) is 18.4 Å².